The van der Waals surface area contributed by atoms with Gasteiger partial charge in [-0.3, -0.25) is 4.98 Å². The summed E-state index contributed by atoms with van der Waals surface area (Å²) in [6, 6.07) is 7.79. The highest BCUT2D eigenvalue weighted by atomic mass is 15.0. The van der Waals surface area contributed by atoms with E-state index >= 15 is 0 Å². The molecular formula is C13H16N4. The van der Waals surface area contributed by atoms with Gasteiger partial charge in [-0.1, -0.05) is 12.1 Å². The minimum absolute atomic E-state index is 0.721. The first kappa shape index (κ1) is 11.4. The highest BCUT2D eigenvalue weighted by Gasteiger charge is 2.01. The zero-order chi connectivity index (χ0) is 12.3. The number of hydrogen-bond acceptors (Lipinski definition) is 4. The summed E-state index contributed by atoms with van der Waals surface area (Å²) in [6.07, 6.45) is 1.77. The molecule has 0 saturated carbocycles. The Morgan fingerprint density at radius 2 is 1.88 bits per heavy atom. The van der Waals surface area contributed by atoms with Crippen molar-refractivity contribution in [3.63, 3.8) is 0 Å². The van der Waals surface area contributed by atoms with Gasteiger partial charge in [-0.25, -0.2) is 4.98 Å². The van der Waals surface area contributed by atoms with Crippen molar-refractivity contribution in [3.8, 4) is 0 Å². The molecule has 88 valence electrons. The summed E-state index contributed by atoms with van der Waals surface area (Å²) in [5.74, 6) is 0.835. The molecule has 0 unspecified atom stereocenters. The van der Waals surface area contributed by atoms with Gasteiger partial charge in [-0.15, -0.1) is 0 Å². The van der Waals surface area contributed by atoms with Gasteiger partial charge in [0.05, 0.1) is 11.4 Å². The molecular weight excluding hydrogens is 212 g/mol. The summed E-state index contributed by atoms with van der Waals surface area (Å²) < 4.78 is 0. The van der Waals surface area contributed by atoms with Crippen LogP contribution in [0.1, 0.15) is 17.0 Å². The summed E-state index contributed by atoms with van der Waals surface area (Å²) in [5.41, 5.74) is 9.40. The highest BCUT2D eigenvalue weighted by Crippen LogP contribution is 2.11. The first-order valence-corrected chi connectivity index (χ1v) is 5.53. The van der Waals surface area contributed by atoms with Gasteiger partial charge < -0.3 is 11.1 Å². The van der Waals surface area contributed by atoms with E-state index < -0.39 is 0 Å². The molecule has 4 heteroatoms. The Hall–Kier alpha value is -2.10. The second-order valence-electron chi connectivity index (χ2n) is 4.04. The Morgan fingerprint density at radius 1 is 1.18 bits per heavy atom. The minimum atomic E-state index is 0.721. The van der Waals surface area contributed by atoms with Crippen molar-refractivity contribution in [2.45, 2.75) is 20.4 Å². The van der Waals surface area contributed by atoms with Gasteiger partial charge in [0.25, 0.3) is 0 Å². The fourth-order valence-corrected chi connectivity index (χ4v) is 1.53. The van der Waals surface area contributed by atoms with Crippen molar-refractivity contribution in [3.05, 3.63) is 47.4 Å². The van der Waals surface area contributed by atoms with Crippen molar-refractivity contribution in [1.82, 2.24) is 9.97 Å². The first-order chi connectivity index (χ1) is 8.15. The predicted molar refractivity (Wildman–Crippen MR) is 69.7 cm³/mol. The van der Waals surface area contributed by atoms with Crippen LogP contribution in [0.4, 0.5) is 11.5 Å². The molecule has 2 rings (SSSR count). The Morgan fingerprint density at radius 3 is 2.59 bits per heavy atom. The lowest BCUT2D eigenvalue weighted by atomic mass is 10.2. The lowest BCUT2D eigenvalue weighted by molar-refractivity contribution is 1.02. The average Bonchev–Trinajstić information content (AvgIpc) is 2.32. The van der Waals surface area contributed by atoms with E-state index in [-0.39, 0.29) is 0 Å². The van der Waals surface area contributed by atoms with Gasteiger partial charge in [0.2, 0.25) is 0 Å². The highest BCUT2D eigenvalue weighted by molar-refractivity contribution is 5.43. The number of anilines is 2. The van der Waals surface area contributed by atoms with Crippen LogP contribution in [0.3, 0.4) is 0 Å². The number of nitrogens with zero attached hydrogens (tertiary/aromatic N) is 2. The molecule has 2 aromatic rings. The lowest BCUT2D eigenvalue weighted by Crippen LogP contribution is -2.05. The van der Waals surface area contributed by atoms with E-state index in [0.29, 0.717) is 0 Å². The Bertz CT molecular complexity index is 505. The second-order valence-corrected chi connectivity index (χ2v) is 4.04. The van der Waals surface area contributed by atoms with E-state index in [0.717, 1.165) is 29.4 Å². The Labute approximate surface area is 101 Å². The van der Waals surface area contributed by atoms with Gasteiger partial charge in [-0.05, 0) is 31.5 Å². The average molecular weight is 228 g/mol. The molecule has 0 bridgehead atoms. The maximum Gasteiger partial charge on any atom is 0.148 e. The Balaban J connectivity index is 2.07. The van der Waals surface area contributed by atoms with Gasteiger partial charge in [0, 0.05) is 18.4 Å². The molecule has 17 heavy (non-hydrogen) atoms. The van der Waals surface area contributed by atoms with Crippen molar-refractivity contribution in [2.24, 2.45) is 0 Å². The quantitative estimate of drug-likeness (QED) is 0.791. The summed E-state index contributed by atoms with van der Waals surface area (Å²) in [7, 11) is 0. The van der Waals surface area contributed by atoms with Crippen LogP contribution in [-0.4, -0.2) is 9.97 Å². The Kier molecular flexibility index (Phi) is 3.23. The molecule has 0 amide bonds. The predicted octanol–water partition coefficient (Wildman–Crippen LogP) is 2.29. The molecule has 4 nitrogen and oxygen atoms in total. The van der Waals surface area contributed by atoms with Crippen LogP contribution in [0.25, 0.3) is 0 Å². The fraction of sp³-hybridized carbons (Fsp3) is 0.231. The van der Waals surface area contributed by atoms with Crippen LogP contribution < -0.4 is 11.1 Å². The van der Waals surface area contributed by atoms with Gasteiger partial charge in [0.1, 0.15) is 5.82 Å². The number of aromatic nitrogens is 2. The normalized spacial score (nSPS) is 10.2. The number of benzene rings is 1. The first-order valence-electron chi connectivity index (χ1n) is 5.53. The summed E-state index contributed by atoms with van der Waals surface area (Å²) in [4.78, 5) is 8.67. The summed E-state index contributed by atoms with van der Waals surface area (Å²) in [6.45, 7) is 4.60. The lowest BCUT2D eigenvalue weighted by Gasteiger charge is -2.08. The van der Waals surface area contributed by atoms with Crippen molar-refractivity contribution in [2.75, 3.05) is 11.1 Å². The summed E-state index contributed by atoms with van der Waals surface area (Å²) >= 11 is 0. The standard InChI is InChI=1S/C13H16N4/c1-9-7-15-10(2)13(17-9)16-8-11-3-5-12(14)6-4-11/h3-7H,8,14H2,1-2H3,(H,16,17). The molecule has 0 atom stereocenters. The van der Waals surface area contributed by atoms with Crippen molar-refractivity contribution < 1.29 is 0 Å². The van der Waals surface area contributed by atoms with E-state index in [1.807, 2.05) is 38.1 Å². The molecule has 0 saturated heterocycles. The van der Waals surface area contributed by atoms with Crippen LogP contribution in [0.15, 0.2) is 30.5 Å². The van der Waals surface area contributed by atoms with Gasteiger partial charge >= 0.3 is 0 Å². The maximum atomic E-state index is 5.64. The number of nitrogens with two attached hydrogens (primary N) is 1. The second kappa shape index (κ2) is 4.82. The molecule has 0 aliphatic heterocycles. The molecule has 1 aromatic heterocycles. The molecule has 1 heterocycles. The number of aryl methyl sites for hydroxylation is 2. The van der Waals surface area contributed by atoms with Crippen molar-refractivity contribution >= 4 is 11.5 Å². The van der Waals surface area contributed by atoms with E-state index in [1.165, 1.54) is 5.56 Å². The largest absolute Gasteiger partial charge is 0.399 e. The van der Waals surface area contributed by atoms with Crippen LogP contribution in [0.2, 0.25) is 0 Å². The smallest absolute Gasteiger partial charge is 0.148 e. The topological polar surface area (TPSA) is 63.8 Å². The molecule has 3 N–H and O–H groups in total. The van der Waals surface area contributed by atoms with Crippen LogP contribution in [-0.2, 0) is 6.54 Å². The maximum absolute atomic E-state index is 5.64. The molecule has 1 aromatic carbocycles. The third kappa shape index (κ3) is 2.93. The van der Waals surface area contributed by atoms with Gasteiger partial charge in [-0.2, -0.15) is 0 Å². The van der Waals surface area contributed by atoms with Gasteiger partial charge in [0.15, 0.2) is 0 Å². The fourth-order valence-electron chi connectivity index (χ4n) is 1.53. The van der Waals surface area contributed by atoms with Crippen LogP contribution in [0, 0.1) is 13.8 Å². The van der Waals surface area contributed by atoms with E-state index in [4.69, 9.17) is 5.73 Å². The van der Waals surface area contributed by atoms with Crippen molar-refractivity contribution in [1.29, 1.82) is 0 Å². The molecule has 0 fully saturated rings. The number of nitrogen functional groups attached to an aromatic ring is 1. The SMILES string of the molecule is Cc1cnc(C)c(NCc2ccc(N)cc2)n1. The number of hydrogen-bond donors (Lipinski definition) is 2. The van der Waals surface area contributed by atoms with E-state index in [2.05, 4.69) is 15.3 Å². The van der Waals surface area contributed by atoms with E-state index in [1.54, 1.807) is 6.20 Å². The number of nitrogens with one attached hydrogen (secondary N) is 1. The monoisotopic (exact) mass is 228 g/mol. The molecule has 0 radical (unpaired) electrons. The third-order valence-electron chi connectivity index (χ3n) is 2.52. The third-order valence-corrected chi connectivity index (χ3v) is 2.52. The zero-order valence-corrected chi connectivity index (χ0v) is 10.1. The van der Waals surface area contributed by atoms with Crippen LogP contribution >= 0.6 is 0 Å². The molecule has 0 aliphatic carbocycles. The zero-order valence-electron chi connectivity index (χ0n) is 10.1. The van der Waals surface area contributed by atoms with E-state index in [9.17, 15) is 0 Å². The van der Waals surface area contributed by atoms with Crippen LogP contribution in [0.5, 0.6) is 0 Å². The molecule has 0 spiro atoms. The number of rotatable bonds is 3. The molecule has 0 aliphatic rings. The minimum Gasteiger partial charge on any atom is -0.399 e. The summed E-state index contributed by atoms with van der Waals surface area (Å²) in [5, 5.41) is 3.28.